The fraction of sp³-hybridized carbons (Fsp3) is 0.0476. The van der Waals surface area contributed by atoms with Crippen molar-refractivity contribution in [1.29, 1.82) is 0 Å². The number of anilines is 1. The minimum atomic E-state index is -0.103. The Balaban J connectivity index is 1.66. The SMILES string of the molecule is O=C(Cc1ccccc1Br)Nc1ccc(C(=O)c2ccccc2)cc1. The van der Waals surface area contributed by atoms with Gasteiger partial charge in [-0.1, -0.05) is 64.5 Å². The summed E-state index contributed by atoms with van der Waals surface area (Å²) in [6.45, 7) is 0. The maximum absolute atomic E-state index is 12.4. The summed E-state index contributed by atoms with van der Waals surface area (Å²) in [5.41, 5.74) is 2.83. The molecule has 4 heteroatoms. The van der Waals surface area contributed by atoms with Gasteiger partial charge in [0.1, 0.15) is 0 Å². The van der Waals surface area contributed by atoms with Crippen molar-refractivity contribution in [2.75, 3.05) is 5.32 Å². The summed E-state index contributed by atoms with van der Waals surface area (Å²) in [6, 6.07) is 23.7. The highest BCUT2D eigenvalue weighted by molar-refractivity contribution is 9.10. The van der Waals surface area contributed by atoms with E-state index in [1.54, 1.807) is 36.4 Å². The summed E-state index contributed by atoms with van der Waals surface area (Å²) < 4.78 is 0.911. The molecule has 0 heterocycles. The van der Waals surface area contributed by atoms with E-state index < -0.39 is 0 Å². The number of carbonyl (C=O) groups is 2. The minimum Gasteiger partial charge on any atom is -0.326 e. The van der Waals surface area contributed by atoms with Crippen LogP contribution in [0.15, 0.2) is 83.3 Å². The first-order valence-corrected chi connectivity index (χ1v) is 8.66. The Kier molecular flexibility index (Phi) is 5.41. The molecule has 0 saturated heterocycles. The topological polar surface area (TPSA) is 46.2 Å². The first kappa shape index (κ1) is 17.1. The van der Waals surface area contributed by atoms with Gasteiger partial charge in [0.15, 0.2) is 5.78 Å². The van der Waals surface area contributed by atoms with Crippen LogP contribution in [0.1, 0.15) is 21.5 Å². The van der Waals surface area contributed by atoms with Crippen molar-refractivity contribution in [2.45, 2.75) is 6.42 Å². The van der Waals surface area contributed by atoms with Crippen LogP contribution in [0.5, 0.6) is 0 Å². The van der Waals surface area contributed by atoms with Gasteiger partial charge >= 0.3 is 0 Å². The maximum Gasteiger partial charge on any atom is 0.228 e. The van der Waals surface area contributed by atoms with Crippen LogP contribution < -0.4 is 5.32 Å². The maximum atomic E-state index is 12.4. The average molecular weight is 394 g/mol. The van der Waals surface area contributed by atoms with Gasteiger partial charge in [-0.3, -0.25) is 9.59 Å². The van der Waals surface area contributed by atoms with Crippen molar-refractivity contribution in [3.8, 4) is 0 Å². The van der Waals surface area contributed by atoms with Gasteiger partial charge in [-0.15, -0.1) is 0 Å². The van der Waals surface area contributed by atoms with E-state index >= 15 is 0 Å². The largest absolute Gasteiger partial charge is 0.326 e. The zero-order chi connectivity index (χ0) is 17.6. The molecule has 1 amide bonds. The predicted octanol–water partition coefficient (Wildman–Crippen LogP) is 4.86. The molecule has 0 bridgehead atoms. The van der Waals surface area contributed by atoms with Gasteiger partial charge < -0.3 is 5.32 Å². The molecule has 0 saturated carbocycles. The number of carbonyl (C=O) groups excluding carboxylic acids is 2. The van der Waals surface area contributed by atoms with E-state index in [1.165, 1.54) is 0 Å². The van der Waals surface area contributed by atoms with Gasteiger partial charge in [0.25, 0.3) is 0 Å². The molecule has 0 aliphatic carbocycles. The molecule has 0 aliphatic rings. The Morgan fingerprint density at radius 1 is 0.760 bits per heavy atom. The molecular weight excluding hydrogens is 378 g/mol. The quantitative estimate of drug-likeness (QED) is 0.629. The Labute approximate surface area is 154 Å². The van der Waals surface area contributed by atoms with Crippen molar-refractivity contribution in [3.05, 3.63) is 100 Å². The van der Waals surface area contributed by atoms with Crippen molar-refractivity contribution in [2.24, 2.45) is 0 Å². The van der Waals surface area contributed by atoms with E-state index in [0.717, 1.165) is 10.0 Å². The Hall–Kier alpha value is -2.72. The van der Waals surface area contributed by atoms with Gasteiger partial charge in [0.05, 0.1) is 6.42 Å². The molecule has 0 fully saturated rings. The van der Waals surface area contributed by atoms with E-state index in [1.807, 2.05) is 42.5 Å². The molecule has 0 spiro atoms. The highest BCUT2D eigenvalue weighted by Gasteiger charge is 2.10. The van der Waals surface area contributed by atoms with Gasteiger partial charge in [-0.05, 0) is 35.9 Å². The lowest BCUT2D eigenvalue weighted by Crippen LogP contribution is -2.14. The summed E-state index contributed by atoms with van der Waals surface area (Å²) in [5.74, 6) is -0.138. The number of halogens is 1. The molecular formula is C21H16BrNO2. The zero-order valence-corrected chi connectivity index (χ0v) is 15.0. The van der Waals surface area contributed by atoms with Crippen LogP contribution in [0.2, 0.25) is 0 Å². The number of benzene rings is 3. The second-order valence-corrected chi connectivity index (χ2v) is 6.44. The second kappa shape index (κ2) is 7.90. The number of hydrogen-bond donors (Lipinski definition) is 1. The first-order valence-electron chi connectivity index (χ1n) is 7.86. The Morgan fingerprint density at radius 2 is 1.36 bits per heavy atom. The van der Waals surface area contributed by atoms with Crippen LogP contribution in [0, 0.1) is 0 Å². The first-order chi connectivity index (χ1) is 12.1. The molecule has 124 valence electrons. The van der Waals surface area contributed by atoms with Crippen LogP contribution in [-0.4, -0.2) is 11.7 Å². The van der Waals surface area contributed by atoms with Crippen molar-refractivity contribution >= 4 is 33.3 Å². The number of ketones is 1. The number of amides is 1. The van der Waals surface area contributed by atoms with E-state index in [9.17, 15) is 9.59 Å². The van der Waals surface area contributed by atoms with Crippen LogP contribution in [0.25, 0.3) is 0 Å². The van der Waals surface area contributed by atoms with Gasteiger partial charge in [-0.2, -0.15) is 0 Å². The highest BCUT2D eigenvalue weighted by Crippen LogP contribution is 2.18. The number of rotatable bonds is 5. The number of nitrogens with one attached hydrogen (secondary N) is 1. The summed E-state index contributed by atoms with van der Waals surface area (Å²) in [4.78, 5) is 24.5. The second-order valence-electron chi connectivity index (χ2n) is 5.59. The minimum absolute atomic E-state index is 0.0355. The van der Waals surface area contributed by atoms with Crippen LogP contribution in [0.4, 0.5) is 5.69 Å². The summed E-state index contributed by atoms with van der Waals surface area (Å²) in [5, 5.41) is 2.85. The summed E-state index contributed by atoms with van der Waals surface area (Å²) in [7, 11) is 0. The van der Waals surface area contributed by atoms with Gasteiger partial charge in [0, 0.05) is 21.3 Å². The van der Waals surface area contributed by atoms with Gasteiger partial charge in [-0.25, -0.2) is 0 Å². The fourth-order valence-electron chi connectivity index (χ4n) is 2.48. The molecule has 3 aromatic carbocycles. The van der Waals surface area contributed by atoms with E-state index in [4.69, 9.17) is 0 Å². The molecule has 0 unspecified atom stereocenters. The smallest absolute Gasteiger partial charge is 0.228 e. The summed E-state index contributed by atoms with van der Waals surface area (Å²) >= 11 is 3.44. The monoisotopic (exact) mass is 393 g/mol. The standard InChI is InChI=1S/C21H16BrNO2/c22-19-9-5-4-8-17(19)14-20(24)23-18-12-10-16(11-13-18)21(25)15-6-2-1-3-7-15/h1-13H,14H2,(H,23,24). The molecule has 3 nitrogen and oxygen atoms in total. The third-order valence-corrected chi connectivity index (χ3v) is 4.55. The van der Waals surface area contributed by atoms with Gasteiger partial charge in [0.2, 0.25) is 5.91 Å². The lowest BCUT2D eigenvalue weighted by Gasteiger charge is -2.08. The van der Waals surface area contributed by atoms with Crippen LogP contribution in [-0.2, 0) is 11.2 Å². The highest BCUT2D eigenvalue weighted by atomic mass is 79.9. The molecule has 0 aliphatic heterocycles. The lowest BCUT2D eigenvalue weighted by atomic mass is 10.0. The molecule has 0 radical (unpaired) electrons. The normalized spacial score (nSPS) is 10.3. The van der Waals surface area contributed by atoms with Crippen LogP contribution >= 0.6 is 15.9 Å². The Morgan fingerprint density at radius 3 is 2.04 bits per heavy atom. The summed E-state index contributed by atoms with van der Waals surface area (Å²) in [6.07, 6.45) is 0.284. The fourth-order valence-corrected chi connectivity index (χ4v) is 2.91. The van der Waals surface area contributed by atoms with E-state index in [-0.39, 0.29) is 18.1 Å². The zero-order valence-electron chi connectivity index (χ0n) is 13.4. The number of hydrogen-bond acceptors (Lipinski definition) is 2. The molecule has 1 N–H and O–H groups in total. The van der Waals surface area contributed by atoms with E-state index in [0.29, 0.717) is 16.8 Å². The van der Waals surface area contributed by atoms with Crippen LogP contribution in [0.3, 0.4) is 0 Å². The van der Waals surface area contributed by atoms with Crippen molar-refractivity contribution < 1.29 is 9.59 Å². The third kappa shape index (κ3) is 4.43. The van der Waals surface area contributed by atoms with E-state index in [2.05, 4.69) is 21.2 Å². The molecule has 25 heavy (non-hydrogen) atoms. The molecule has 0 atom stereocenters. The molecule has 3 aromatic rings. The third-order valence-electron chi connectivity index (χ3n) is 3.78. The molecule has 3 rings (SSSR count). The predicted molar refractivity (Wildman–Crippen MR) is 103 cm³/mol. The Bertz CT molecular complexity index is 889. The average Bonchev–Trinajstić information content (AvgIpc) is 2.64. The lowest BCUT2D eigenvalue weighted by molar-refractivity contribution is -0.115. The molecule has 0 aromatic heterocycles. The van der Waals surface area contributed by atoms with Crippen molar-refractivity contribution in [1.82, 2.24) is 0 Å². The van der Waals surface area contributed by atoms with Crippen molar-refractivity contribution in [3.63, 3.8) is 0 Å².